The molecule has 3 nitrogen and oxygen atoms in total. The SMILES string of the molecule is C=C(C#N)C1OC(O)c2ccccc21. The number of benzene rings is 1. The van der Waals surface area contributed by atoms with Crippen molar-refractivity contribution in [2.24, 2.45) is 0 Å². The topological polar surface area (TPSA) is 53.2 Å². The highest BCUT2D eigenvalue weighted by molar-refractivity contribution is 5.41. The first-order valence-electron chi connectivity index (χ1n) is 4.25. The predicted molar refractivity (Wildman–Crippen MR) is 50.0 cm³/mol. The molecule has 0 saturated heterocycles. The van der Waals surface area contributed by atoms with Crippen LogP contribution in [0.5, 0.6) is 0 Å². The van der Waals surface area contributed by atoms with Crippen molar-refractivity contribution in [3.05, 3.63) is 47.5 Å². The molecule has 2 atom stereocenters. The smallest absolute Gasteiger partial charge is 0.182 e. The van der Waals surface area contributed by atoms with E-state index in [2.05, 4.69) is 6.58 Å². The second-order valence-corrected chi connectivity index (χ2v) is 3.13. The molecule has 0 aliphatic carbocycles. The number of aliphatic hydroxyl groups excluding tert-OH is 1. The molecular formula is C11H9NO2. The van der Waals surface area contributed by atoms with E-state index in [1.807, 2.05) is 24.3 Å². The monoisotopic (exact) mass is 187 g/mol. The average molecular weight is 187 g/mol. The number of nitrogens with zero attached hydrogens (tertiary/aromatic N) is 1. The number of fused-ring (bicyclic) bond motifs is 1. The van der Waals surface area contributed by atoms with Gasteiger partial charge < -0.3 is 9.84 Å². The molecule has 0 spiro atoms. The summed E-state index contributed by atoms with van der Waals surface area (Å²) in [4.78, 5) is 0. The molecule has 70 valence electrons. The fourth-order valence-electron chi connectivity index (χ4n) is 1.58. The Bertz CT molecular complexity index is 420. The summed E-state index contributed by atoms with van der Waals surface area (Å²) in [6, 6.07) is 9.22. The van der Waals surface area contributed by atoms with Gasteiger partial charge in [0, 0.05) is 5.56 Å². The summed E-state index contributed by atoms with van der Waals surface area (Å²) in [5.41, 5.74) is 1.86. The molecule has 0 radical (unpaired) electrons. The highest BCUT2D eigenvalue weighted by Crippen LogP contribution is 2.40. The van der Waals surface area contributed by atoms with Crippen molar-refractivity contribution >= 4 is 0 Å². The molecule has 2 rings (SSSR count). The zero-order valence-corrected chi connectivity index (χ0v) is 7.47. The van der Waals surface area contributed by atoms with Crippen LogP contribution < -0.4 is 0 Å². The Hall–Kier alpha value is -1.63. The van der Waals surface area contributed by atoms with E-state index in [9.17, 15) is 5.11 Å². The van der Waals surface area contributed by atoms with Crippen LogP contribution in [0.15, 0.2) is 36.4 Å². The van der Waals surface area contributed by atoms with Crippen LogP contribution in [0.3, 0.4) is 0 Å². The highest BCUT2D eigenvalue weighted by Gasteiger charge is 2.31. The van der Waals surface area contributed by atoms with E-state index >= 15 is 0 Å². The van der Waals surface area contributed by atoms with Crippen LogP contribution in [-0.4, -0.2) is 5.11 Å². The summed E-state index contributed by atoms with van der Waals surface area (Å²) < 4.78 is 5.22. The van der Waals surface area contributed by atoms with Gasteiger partial charge in [-0.1, -0.05) is 30.8 Å². The zero-order valence-electron chi connectivity index (χ0n) is 7.47. The number of aliphatic hydroxyl groups is 1. The number of hydrogen-bond donors (Lipinski definition) is 1. The molecule has 0 amide bonds. The van der Waals surface area contributed by atoms with Crippen molar-refractivity contribution in [3.63, 3.8) is 0 Å². The van der Waals surface area contributed by atoms with Crippen molar-refractivity contribution in [2.45, 2.75) is 12.4 Å². The molecule has 1 N–H and O–H groups in total. The maximum atomic E-state index is 9.52. The fraction of sp³-hybridized carbons (Fsp3) is 0.182. The van der Waals surface area contributed by atoms with Gasteiger partial charge >= 0.3 is 0 Å². The normalized spacial score (nSPS) is 24.0. The first-order valence-corrected chi connectivity index (χ1v) is 4.25. The predicted octanol–water partition coefficient (Wildman–Crippen LogP) is 1.83. The van der Waals surface area contributed by atoms with Gasteiger partial charge in [-0.3, -0.25) is 0 Å². The maximum absolute atomic E-state index is 9.52. The fourth-order valence-corrected chi connectivity index (χ4v) is 1.58. The lowest BCUT2D eigenvalue weighted by molar-refractivity contribution is -0.108. The molecular weight excluding hydrogens is 178 g/mol. The Kier molecular flexibility index (Phi) is 2.08. The lowest BCUT2D eigenvalue weighted by Crippen LogP contribution is -1.99. The van der Waals surface area contributed by atoms with E-state index in [1.165, 1.54) is 0 Å². The van der Waals surface area contributed by atoms with Gasteiger partial charge in [0.15, 0.2) is 6.29 Å². The van der Waals surface area contributed by atoms with Crippen LogP contribution >= 0.6 is 0 Å². The van der Waals surface area contributed by atoms with E-state index in [0.717, 1.165) is 5.56 Å². The van der Waals surface area contributed by atoms with Gasteiger partial charge in [-0.15, -0.1) is 0 Å². The zero-order chi connectivity index (χ0) is 10.1. The molecule has 1 aliphatic rings. The number of rotatable bonds is 1. The van der Waals surface area contributed by atoms with Gasteiger partial charge in [0.1, 0.15) is 6.10 Å². The lowest BCUT2D eigenvalue weighted by Gasteiger charge is -2.08. The summed E-state index contributed by atoms with van der Waals surface area (Å²) in [6.07, 6.45) is -1.44. The molecule has 1 aromatic rings. The number of hydrogen-bond acceptors (Lipinski definition) is 3. The van der Waals surface area contributed by atoms with Crippen molar-refractivity contribution in [2.75, 3.05) is 0 Å². The molecule has 1 aromatic carbocycles. The second-order valence-electron chi connectivity index (χ2n) is 3.13. The number of ether oxygens (including phenoxy) is 1. The molecule has 0 aromatic heterocycles. The first kappa shape index (κ1) is 8.95. The van der Waals surface area contributed by atoms with Crippen molar-refractivity contribution in [3.8, 4) is 6.07 Å². The van der Waals surface area contributed by atoms with Gasteiger partial charge in [-0.25, -0.2) is 0 Å². The highest BCUT2D eigenvalue weighted by atomic mass is 16.6. The van der Waals surface area contributed by atoms with Crippen LogP contribution in [0.2, 0.25) is 0 Å². The third-order valence-corrected chi connectivity index (χ3v) is 2.27. The number of nitriles is 1. The van der Waals surface area contributed by atoms with E-state index in [1.54, 1.807) is 6.07 Å². The molecule has 0 saturated carbocycles. The van der Waals surface area contributed by atoms with Crippen molar-refractivity contribution in [1.29, 1.82) is 5.26 Å². The molecule has 0 fully saturated rings. The largest absolute Gasteiger partial charge is 0.364 e. The van der Waals surface area contributed by atoms with E-state index in [4.69, 9.17) is 10.00 Å². The van der Waals surface area contributed by atoms with Gasteiger partial charge in [-0.05, 0) is 5.56 Å². The van der Waals surface area contributed by atoms with Gasteiger partial charge in [0.2, 0.25) is 0 Å². The van der Waals surface area contributed by atoms with E-state index in [-0.39, 0.29) is 0 Å². The van der Waals surface area contributed by atoms with E-state index < -0.39 is 12.4 Å². The minimum atomic E-state index is -0.943. The Morgan fingerprint density at radius 2 is 2.07 bits per heavy atom. The van der Waals surface area contributed by atoms with Gasteiger partial charge in [0.05, 0.1) is 11.6 Å². The Balaban J connectivity index is 2.45. The molecule has 3 heteroatoms. The summed E-state index contributed by atoms with van der Waals surface area (Å²) in [7, 11) is 0. The van der Waals surface area contributed by atoms with Gasteiger partial charge in [0.25, 0.3) is 0 Å². The Morgan fingerprint density at radius 3 is 2.71 bits per heavy atom. The van der Waals surface area contributed by atoms with Crippen LogP contribution in [0.25, 0.3) is 0 Å². The van der Waals surface area contributed by atoms with Crippen LogP contribution in [-0.2, 0) is 4.74 Å². The van der Waals surface area contributed by atoms with E-state index in [0.29, 0.717) is 11.1 Å². The van der Waals surface area contributed by atoms with Crippen molar-refractivity contribution < 1.29 is 9.84 Å². The summed E-state index contributed by atoms with van der Waals surface area (Å²) >= 11 is 0. The Labute approximate surface area is 81.9 Å². The van der Waals surface area contributed by atoms with Crippen LogP contribution in [0, 0.1) is 11.3 Å². The third kappa shape index (κ3) is 1.22. The molecule has 2 unspecified atom stereocenters. The lowest BCUT2D eigenvalue weighted by atomic mass is 10.0. The molecule has 1 aliphatic heterocycles. The minimum absolute atomic E-state index is 0.314. The maximum Gasteiger partial charge on any atom is 0.182 e. The Morgan fingerprint density at radius 1 is 1.43 bits per heavy atom. The van der Waals surface area contributed by atoms with Gasteiger partial charge in [-0.2, -0.15) is 5.26 Å². The minimum Gasteiger partial charge on any atom is -0.364 e. The standard InChI is InChI=1S/C11H9NO2/c1-7(6-12)10-8-4-2-3-5-9(8)11(13)14-10/h2-5,10-11,13H,1H2. The summed E-state index contributed by atoms with van der Waals surface area (Å²) in [6.45, 7) is 3.59. The quantitative estimate of drug-likeness (QED) is 0.682. The second kappa shape index (κ2) is 3.26. The first-order chi connectivity index (χ1) is 6.74. The third-order valence-electron chi connectivity index (χ3n) is 2.27. The van der Waals surface area contributed by atoms with Crippen LogP contribution in [0.4, 0.5) is 0 Å². The average Bonchev–Trinajstić information content (AvgIpc) is 2.56. The van der Waals surface area contributed by atoms with Crippen LogP contribution in [0.1, 0.15) is 23.5 Å². The molecule has 0 bridgehead atoms. The summed E-state index contributed by atoms with van der Waals surface area (Å²) in [5.74, 6) is 0. The molecule has 14 heavy (non-hydrogen) atoms. The summed E-state index contributed by atoms with van der Waals surface area (Å²) in [5, 5.41) is 18.2. The molecule has 1 heterocycles. The van der Waals surface area contributed by atoms with Crippen molar-refractivity contribution in [1.82, 2.24) is 0 Å².